The molecule has 4 rings (SSSR count). The van der Waals surface area contributed by atoms with E-state index in [0.717, 1.165) is 36.4 Å². The van der Waals surface area contributed by atoms with Crippen molar-refractivity contribution in [3.05, 3.63) is 48.5 Å². The van der Waals surface area contributed by atoms with Crippen molar-refractivity contribution in [2.45, 2.75) is 70.9 Å². The van der Waals surface area contributed by atoms with Crippen LogP contribution in [-0.4, -0.2) is 73.9 Å². The molecule has 0 spiro atoms. The third-order valence-electron chi connectivity index (χ3n) is 7.73. The van der Waals surface area contributed by atoms with Crippen molar-refractivity contribution in [1.82, 2.24) is 0 Å². The van der Waals surface area contributed by atoms with Gasteiger partial charge in [0.1, 0.15) is 31.7 Å². The van der Waals surface area contributed by atoms with E-state index in [1.807, 2.05) is 0 Å². The number of phenols is 2. The zero-order chi connectivity index (χ0) is 38.8. The van der Waals surface area contributed by atoms with Crippen LogP contribution < -0.4 is 69.7 Å². The van der Waals surface area contributed by atoms with Crippen LogP contribution >= 0.6 is 0 Å². The Morgan fingerprint density at radius 2 is 0.796 bits per heavy atom. The number of fused-ring (bicyclic) bond motifs is 2. The summed E-state index contributed by atoms with van der Waals surface area (Å²) in [4.78, 5) is 22.1. The Hall–Kier alpha value is -2.42. The zero-order valence-electron chi connectivity index (χ0n) is 28.6. The second-order valence-corrected chi connectivity index (χ2v) is 17.2. The van der Waals surface area contributed by atoms with E-state index in [1.165, 1.54) is 0 Å². The number of carbonyl (C=O) groups is 2. The molecule has 0 aliphatic rings. The summed E-state index contributed by atoms with van der Waals surface area (Å²) in [6, 6.07) is 6.27. The fourth-order valence-corrected chi connectivity index (χ4v) is 7.50. The standard InChI is InChI=1S/C30H32N2O16S4.2Na/c33-25-15-21(51(43,44)45)11-17-9-19(49(37,38)39)13-23(29(17)25)31-27(35)7-5-3-1-2-4-6-8-28(36)32-24-14-20(50(40,41)42)10-18-12-22(52(46,47)48)16-26(34)30(18)24;;/h9-16,33-34H,1-8H2,(H,31,35)(H,32,36)(H,37,38,39)(H,40,41,42)(H,43,44,45)(H,46,47,48);;/q;2*+1/p-2. The predicted octanol–water partition coefficient (Wildman–Crippen LogP) is -2.59. The number of rotatable bonds is 15. The molecule has 0 saturated carbocycles. The number of hydrogen-bond donors (Lipinski definition) is 6. The minimum Gasteiger partial charge on any atom is -0.744 e. The summed E-state index contributed by atoms with van der Waals surface area (Å²) in [5, 5.41) is 24.8. The van der Waals surface area contributed by atoms with Gasteiger partial charge in [-0.25, -0.2) is 16.8 Å². The summed E-state index contributed by atoms with van der Waals surface area (Å²) in [6.07, 6.45) is 2.98. The Kier molecular flexibility index (Phi) is 16.5. The smallest absolute Gasteiger partial charge is 0.744 e. The van der Waals surface area contributed by atoms with Crippen molar-refractivity contribution in [2.24, 2.45) is 0 Å². The van der Waals surface area contributed by atoms with Gasteiger partial charge in [-0.3, -0.25) is 18.7 Å². The minimum absolute atomic E-state index is 0. The van der Waals surface area contributed by atoms with E-state index in [0.29, 0.717) is 50.7 Å². The van der Waals surface area contributed by atoms with E-state index in [9.17, 15) is 71.7 Å². The molecule has 54 heavy (non-hydrogen) atoms. The molecule has 2 amide bonds. The van der Waals surface area contributed by atoms with Gasteiger partial charge < -0.3 is 30.0 Å². The van der Waals surface area contributed by atoms with Crippen molar-refractivity contribution in [2.75, 3.05) is 10.6 Å². The number of anilines is 2. The summed E-state index contributed by atoms with van der Waals surface area (Å²) in [6.45, 7) is 0. The molecule has 0 bridgehead atoms. The molecule has 0 radical (unpaired) electrons. The van der Waals surface area contributed by atoms with E-state index < -0.39 is 83.4 Å². The molecular weight excluding hydrogens is 819 g/mol. The van der Waals surface area contributed by atoms with Gasteiger partial charge in [-0.2, -0.15) is 16.8 Å². The third kappa shape index (κ3) is 12.5. The molecular formula is C30H30N2Na2O16S4. The molecule has 4 aromatic carbocycles. The minimum atomic E-state index is -5.05. The quantitative estimate of drug-likeness (QED) is 0.0406. The molecule has 282 valence electrons. The number of amides is 2. The SMILES string of the molecule is O=C(CCCCCCCCC(=O)Nc1cc(S(=O)(=O)O)cc2cc(S(=O)(=O)[O-])cc(O)c12)Nc1cc(S(=O)(=O)O)cc2cc(S(=O)(=O)[O-])cc(O)c12.[Na+].[Na+]. The maximum absolute atomic E-state index is 12.7. The van der Waals surface area contributed by atoms with Crippen molar-refractivity contribution in [3.8, 4) is 11.5 Å². The maximum Gasteiger partial charge on any atom is 1.00 e. The van der Waals surface area contributed by atoms with Crippen LogP contribution in [0.25, 0.3) is 21.5 Å². The monoisotopic (exact) mass is 848 g/mol. The van der Waals surface area contributed by atoms with Crippen LogP contribution in [0.4, 0.5) is 11.4 Å². The van der Waals surface area contributed by atoms with Gasteiger partial charge in [-0.05, 0) is 72.1 Å². The predicted molar refractivity (Wildman–Crippen MR) is 181 cm³/mol. The number of phenolic OH excluding ortho intramolecular Hbond substituents is 2. The summed E-state index contributed by atoms with van der Waals surface area (Å²) < 4.78 is 135. The Balaban J connectivity index is 0.00000504. The number of carbonyl (C=O) groups excluding carboxylic acids is 2. The molecule has 0 fully saturated rings. The molecule has 0 heterocycles. The maximum atomic E-state index is 12.7. The van der Waals surface area contributed by atoms with Gasteiger partial charge in [0.25, 0.3) is 20.2 Å². The van der Waals surface area contributed by atoms with E-state index in [1.54, 1.807) is 0 Å². The van der Waals surface area contributed by atoms with Gasteiger partial charge in [-0.1, -0.05) is 25.7 Å². The first-order valence-electron chi connectivity index (χ1n) is 15.0. The van der Waals surface area contributed by atoms with Gasteiger partial charge in [0.15, 0.2) is 0 Å². The summed E-state index contributed by atoms with van der Waals surface area (Å²) in [5.41, 5.74) is -0.511. The first kappa shape index (κ1) is 47.7. The normalized spacial score (nSPS) is 12.1. The van der Waals surface area contributed by atoms with Crippen LogP contribution in [-0.2, 0) is 50.1 Å². The average Bonchev–Trinajstić information content (AvgIpc) is 2.99. The summed E-state index contributed by atoms with van der Waals surface area (Å²) in [7, 11) is -19.8. The van der Waals surface area contributed by atoms with E-state index in [2.05, 4.69) is 10.6 Å². The van der Waals surface area contributed by atoms with Gasteiger partial charge in [0.05, 0.1) is 31.0 Å². The fourth-order valence-electron chi connectivity index (χ4n) is 5.36. The van der Waals surface area contributed by atoms with E-state index >= 15 is 0 Å². The first-order chi connectivity index (χ1) is 23.9. The summed E-state index contributed by atoms with van der Waals surface area (Å²) in [5.74, 6) is -2.67. The van der Waals surface area contributed by atoms with Crippen molar-refractivity contribution in [3.63, 3.8) is 0 Å². The van der Waals surface area contributed by atoms with Gasteiger partial charge >= 0.3 is 59.1 Å². The van der Waals surface area contributed by atoms with Crippen LogP contribution in [0.3, 0.4) is 0 Å². The molecule has 0 aromatic heterocycles. The summed E-state index contributed by atoms with van der Waals surface area (Å²) >= 11 is 0. The Morgan fingerprint density at radius 1 is 0.500 bits per heavy atom. The topological polar surface area (TPSA) is 322 Å². The van der Waals surface area contributed by atoms with Crippen LogP contribution in [0.5, 0.6) is 11.5 Å². The number of benzene rings is 4. The molecule has 0 unspecified atom stereocenters. The van der Waals surface area contributed by atoms with Crippen LogP contribution in [0.2, 0.25) is 0 Å². The third-order valence-corrected chi connectivity index (χ3v) is 11.0. The molecule has 0 aliphatic heterocycles. The molecule has 0 atom stereocenters. The van der Waals surface area contributed by atoms with E-state index in [4.69, 9.17) is 0 Å². The zero-order valence-corrected chi connectivity index (χ0v) is 35.9. The number of unbranched alkanes of at least 4 members (excludes halogenated alkanes) is 5. The average molecular weight is 849 g/mol. The van der Waals surface area contributed by atoms with Crippen LogP contribution in [0.1, 0.15) is 51.4 Å². The molecule has 0 saturated heterocycles. The van der Waals surface area contributed by atoms with Gasteiger partial charge in [-0.15, -0.1) is 0 Å². The fraction of sp³-hybridized carbons (Fsp3) is 0.267. The van der Waals surface area contributed by atoms with Crippen molar-refractivity contribution in [1.29, 1.82) is 0 Å². The second-order valence-electron chi connectivity index (χ2n) is 11.6. The molecule has 0 aliphatic carbocycles. The molecule has 18 nitrogen and oxygen atoms in total. The largest absolute Gasteiger partial charge is 1.00 e. The van der Waals surface area contributed by atoms with Crippen molar-refractivity contribution < 1.29 is 131 Å². The number of nitrogens with one attached hydrogen (secondary N) is 2. The van der Waals surface area contributed by atoms with Gasteiger partial charge in [0, 0.05) is 23.6 Å². The number of hydrogen-bond acceptors (Lipinski definition) is 14. The van der Waals surface area contributed by atoms with Crippen LogP contribution in [0, 0.1) is 0 Å². The Labute approximate surface area is 354 Å². The Bertz CT molecular complexity index is 2360. The molecule has 24 heteroatoms. The Morgan fingerprint density at radius 3 is 1.09 bits per heavy atom. The first-order valence-corrected chi connectivity index (χ1v) is 20.7. The van der Waals surface area contributed by atoms with Gasteiger partial charge in [0.2, 0.25) is 11.8 Å². The van der Waals surface area contributed by atoms with Crippen LogP contribution in [0.15, 0.2) is 68.1 Å². The number of aromatic hydroxyl groups is 2. The molecule has 4 aromatic rings. The molecule has 6 N–H and O–H groups in total. The second kappa shape index (κ2) is 18.7. The van der Waals surface area contributed by atoms with E-state index in [-0.39, 0.29) is 105 Å². The van der Waals surface area contributed by atoms with Crippen molar-refractivity contribution >= 4 is 85.2 Å².